The summed E-state index contributed by atoms with van der Waals surface area (Å²) < 4.78 is 29.7. The summed E-state index contributed by atoms with van der Waals surface area (Å²) in [4.78, 5) is 12.5. The fourth-order valence-corrected chi connectivity index (χ4v) is 4.15. The zero-order chi connectivity index (χ0) is 15.7. The lowest BCUT2D eigenvalue weighted by Gasteiger charge is -2.36. The first-order chi connectivity index (χ1) is 9.81. The second-order valence-electron chi connectivity index (χ2n) is 5.34. The minimum atomic E-state index is -3.64. The Morgan fingerprint density at radius 2 is 1.95 bits per heavy atom. The highest BCUT2D eigenvalue weighted by Gasteiger charge is 2.50. The molecule has 0 aliphatic carbocycles. The van der Waals surface area contributed by atoms with Crippen LogP contribution in [0.25, 0.3) is 0 Å². The van der Waals surface area contributed by atoms with Crippen LogP contribution in [-0.2, 0) is 14.8 Å². The molecule has 1 saturated heterocycles. The van der Waals surface area contributed by atoms with Crippen LogP contribution >= 0.6 is 0 Å². The first-order valence-electron chi connectivity index (χ1n) is 6.72. The smallest absolute Gasteiger partial charge is 0.246 e. The molecular weight excluding hydrogens is 292 g/mol. The van der Waals surface area contributed by atoms with Crippen LogP contribution in [0.4, 0.5) is 5.69 Å². The van der Waals surface area contributed by atoms with Crippen molar-refractivity contribution in [3.63, 3.8) is 0 Å². The molecule has 1 aromatic rings. The van der Waals surface area contributed by atoms with Gasteiger partial charge in [0.15, 0.2) is 4.75 Å². The third kappa shape index (κ3) is 2.75. The zero-order valence-corrected chi connectivity index (χ0v) is 13.2. The van der Waals surface area contributed by atoms with E-state index >= 15 is 0 Å². The molecule has 7 heteroatoms. The molecule has 1 amide bonds. The standard InChI is InChI=1S/C14H20N2O4S/c1-14(9-4-10-16(2)21(14,18)19)13(17)15-11-5-7-12(20-3)8-6-11/h5-8H,4,9-10H2,1-3H3,(H,15,17). The number of sulfonamides is 1. The fourth-order valence-electron chi connectivity index (χ4n) is 2.40. The van der Waals surface area contributed by atoms with Crippen LogP contribution in [0.3, 0.4) is 0 Å². The summed E-state index contributed by atoms with van der Waals surface area (Å²) in [5.74, 6) is 0.170. The molecule has 1 N–H and O–H groups in total. The highest BCUT2D eigenvalue weighted by atomic mass is 32.2. The lowest BCUT2D eigenvalue weighted by Crippen LogP contribution is -2.56. The Bertz CT molecular complexity index is 627. The van der Waals surface area contributed by atoms with Crippen molar-refractivity contribution in [3.8, 4) is 5.75 Å². The lowest BCUT2D eigenvalue weighted by atomic mass is 10.0. The van der Waals surface area contributed by atoms with Gasteiger partial charge in [-0.3, -0.25) is 4.79 Å². The maximum absolute atomic E-state index is 12.5. The molecule has 1 aliphatic heterocycles. The fraction of sp³-hybridized carbons (Fsp3) is 0.500. The number of benzene rings is 1. The number of ether oxygens (including phenoxy) is 1. The van der Waals surface area contributed by atoms with E-state index in [1.807, 2.05) is 0 Å². The SMILES string of the molecule is COc1ccc(NC(=O)C2(C)CCCN(C)S2(=O)=O)cc1. The van der Waals surface area contributed by atoms with Crippen LogP contribution < -0.4 is 10.1 Å². The van der Waals surface area contributed by atoms with Crippen molar-refractivity contribution in [2.45, 2.75) is 24.5 Å². The van der Waals surface area contributed by atoms with E-state index < -0.39 is 20.7 Å². The number of carbonyl (C=O) groups excluding carboxylic acids is 1. The molecule has 1 heterocycles. The molecule has 1 unspecified atom stereocenters. The quantitative estimate of drug-likeness (QED) is 0.916. The van der Waals surface area contributed by atoms with Gasteiger partial charge in [0.25, 0.3) is 0 Å². The van der Waals surface area contributed by atoms with Gasteiger partial charge < -0.3 is 10.1 Å². The first kappa shape index (κ1) is 15.8. The molecule has 1 atom stereocenters. The number of hydrogen-bond acceptors (Lipinski definition) is 4. The van der Waals surface area contributed by atoms with Gasteiger partial charge in [-0.2, -0.15) is 0 Å². The van der Waals surface area contributed by atoms with Gasteiger partial charge in [0.1, 0.15) is 5.75 Å². The van der Waals surface area contributed by atoms with E-state index in [2.05, 4.69) is 5.32 Å². The Hall–Kier alpha value is -1.60. The van der Waals surface area contributed by atoms with Crippen molar-refractivity contribution in [1.82, 2.24) is 4.31 Å². The molecule has 0 saturated carbocycles. The summed E-state index contributed by atoms with van der Waals surface area (Å²) in [6, 6.07) is 6.78. The monoisotopic (exact) mass is 312 g/mol. The Kier molecular flexibility index (Phi) is 4.25. The van der Waals surface area contributed by atoms with Crippen molar-refractivity contribution in [2.24, 2.45) is 0 Å². The van der Waals surface area contributed by atoms with Gasteiger partial charge in [0, 0.05) is 19.3 Å². The average molecular weight is 312 g/mol. The normalized spacial score (nSPS) is 25.3. The largest absolute Gasteiger partial charge is 0.497 e. The summed E-state index contributed by atoms with van der Waals surface area (Å²) in [6.07, 6.45) is 0.990. The van der Waals surface area contributed by atoms with Crippen molar-refractivity contribution < 1.29 is 17.9 Å². The topological polar surface area (TPSA) is 75.7 Å². The average Bonchev–Trinajstić information content (AvgIpc) is 2.46. The Labute approximate surface area is 125 Å². The number of nitrogens with one attached hydrogen (secondary N) is 1. The number of carbonyl (C=O) groups is 1. The highest BCUT2D eigenvalue weighted by Crippen LogP contribution is 2.32. The molecule has 0 bridgehead atoms. The third-order valence-electron chi connectivity index (χ3n) is 3.93. The third-order valence-corrected chi connectivity index (χ3v) is 6.47. The van der Waals surface area contributed by atoms with Crippen LogP contribution in [0.5, 0.6) is 5.75 Å². The summed E-state index contributed by atoms with van der Waals surface area (Å²) >= 11 is 0. The van der Waals surface area contributed by atoms with Gasteiger partial charge in [0.2, 0.25) is 15.9 Å². The van der Waals surface area contributed by atoms with Crippen LogP contribution in [0.1, 0.15) is 19.8 Å². The maximum atomic E-state index is 12.5. The van der Waals surface area contributed by atoms with Gasteiger partial charge in [-0.1, -0.05) is 0 Å². The predicted molar refractivity (Wildman–Crippen MR) is 80.8 cm³/mol. The van der Waals surface area contributed by atoms with Crippen LogP contribution in [-0.4, -0.2) is 44.1 Å². The Morgan fingerprint density at radius 1 is 1.33 bits per heavy atom. The minimum Gasteiger partial charge on any atom is -0.497 e. The van der Waals surface area contributed by atoms with Gasteiger partial charge in [-0.25, -0.2) is 12.7 Å². The van der Waals surface area contributed by atoms with E-state index in [0.29, 0.717) is 30.8 Å². The number of rotatable bonds is 3. The van der Waals surface area contributed by atoms with Crippen molar-refractivity contribution in [1.29, 1.82) is 0 Å². The molecule has 2 rings (SSSR count). The van der Waals surface area contributed by atoms with E-state index in [-0.39, 0.29) is 0 Å². The molecule has 6 nitrogen and oxygen atoms in total. The highest BCUT2D eigenvalue weighted by molar-refractivity contribution is 7.91. The molecule has 1 aliphatic rings. The summed E-state index contributed by atoms with van der Waals surface area (Å²) in [6.45, 7) is 1.94. The van der Waals surface area contributed by atoms with E-state index in [1.165, 1.54) is 18.3 Å². The van der Waals surface area contributed by atoms with Crippen LogP contribution in [0, 0.1) is 0 Å². The molecule has 1 aromatic carbocycles. The molecule has 21 heavy (non-hydrogen) atoms. The maximum Gasteiger partial charge on any atom is 0.246 e. The molecule has 0 aromatic heterocycles. The molecular formula is C14H20N2O4S. The van der Waals surface area contributed by atoms with Crippen molar-refractivity contribution in [3.05, 3.63) is 24.3 Å². The Morgan fingerprint density at radius 3 is 2.52 bits per heavy atom. The van der Waals surface area contributed by atoms with Gasteiger partial charge in [-0.05, 0) is 44.0 Å². The number of methoxy groups -OCH3 is 1. The number of amides is 1. The minimum absolute atomic E-state index is 0.321. The van der Waals surface area contributed by atoms with Crippen LogP contribution in [0.2, 0.25) is 0 Å². The van der Waals surface area contributed by atoms with Gasteiger partial charge in [0.05, 0.1) is 7.11 Å². The number of anilines is 1. The zero-order valence-electron chi connectivity index (χ0n) is 12.4. The van der Waals surface area contributed by atoms with Crippen molar-refractivity contribution >= 4 is 21.6 Å². The lowest BCUT2D eigenvalue weighted by molar-refractivity contribution is -0.118. The second-order valence-corrected chi connectivity index (χ2v) is 7.82. The van der Waals surface area contributed by atoms with Crippen LogP contribution in [0.15, 0.2) is 24.3 Å². The van der Waals surface area contributed by atoms with Gasteiger partial charge in [-0.15, -0.1) is 0 Å². The van der Waals surface area contributed by atoms with E-state index in [0.717, 1.165) is 0 Å². The molecule has 0 radical (unpaired) electrons. The van der Waals surface area contributed by atoms with Crippen molar-refractivity contribution in [2.75, 3.05) is 26.0 Å². The first-order valence-corrected chi connectivity index (χ1v) is 8.16. The number of hydrogen-bond donors (Lipinski definition) is 1. The summed E-state index contributed by atoms with van der Waals surface area (Å²) in [5, 5.41) is 2.68. The predicted octanol–water partition coefficient (Wildman–Crippen LogP) is 1.45. The summed E-state index contributed by atoms with van der Waals surface area (Å²) in [7, 11) is -0.575. The molecule has 1 fully saturated rings. The van der Waals surface area contributed by atoms with E-state index in [1.54, 1.807) is 31.4 Å². The Balaban J connectivity index is 2.22. The molecule has 116 valence electrons. The van der Waals surface area contributed by atoms with E-state index in [4.69, 9.17) is 4.74 Å². The second kappa shape index (κ2) is 5.65. The number of nitrogens with zero attached hydrogens (tertiary/aromatic N) is 1. The molecule has 0 spiro atoms. The summed E-state index contributed by atoms with van der Waals surface area (Å²) in [5.41, 5.74) is 0.547. The van der Waals surface area contributed by atoms with Gasteiger partial charge >= 0.3 is 0 Å². The van der Waals surface area contributed by atoms with E-state index in [9.17, 15) is 13.2 Å².